The third kappa shape index (κ3) is 1.40. The zero-order chi connectivity index (χ0) is 10.3. The molecule has 1 N–H and O–H groups in total. The first-order valence-corrected chi connectivity index (χ1v) is 8.57. The third-order valence-electron chi connectivity index (χ3n) is 2.73. The van der Waals surface area contributed by atoms with Crippen LogP contribution in [0.1, 0.15) is 5.56 Å². The van der Waals surface area contributed by atoms with Gasteiger partial charge in [0.1, 0.15) is 0 Å². The number of H-pyrrole nitrogens is 1. The van der Waals surface area contributed by atoms with Crippen LogP contribution in [0, 0.1) is 6.92 Å². The van der Waals surface area contributed by atoms with E-state index in [4.69, 9.17) is 0 Å². The van der Waals surface area contributed by atoms with E-state index < -0.39 is 8.07 Å². The van der Waals surface area contributed by atoms with Crippen LogP contribution in [-0.2, 0) is 0 Å². The van der Waals surface area contributed by atoms with Gasteiger partial charge >= 0.3 is 0 Å². The summed E-state index contributed by atoms with van der Waals surface area (Å²) < 4.78 is 0. The van der Waals surface area contributed by atoms with Crippen molar-refractivity contribution in [1.29, 1.82) is 0 Å². The second kappa shape index (κ2) is 2.99. The summed E-state index contributed by atoms with van der Waals surface area (Å²) in [6.45, 7) is 9.32. The molecule has 0 aliphatic rings. The molecule has 0 unspecified atom stereocenters. The normalized spacial score (nSPS) is 12.3. The molecule has 2 aromatic rings. The smallest absolute Gasteiger partial charge is 0.0803 e. The highest BCUT2D eigenvalue weighted by atomic mass is 28.3. The number of rotatable bonds is 1. The Morgan fingerprint density at radius 2 is 1.86 bits per heavy atom. The topological polar surface area (TPSA) is 15.8 Å². The maximum atomic E-state index is 3.40. The molecule has 1 aromatic heterocycles. The highest BCUT2D eigenvalue weighted by Crippen LogP contribution is 2.17. The van der Waals surface area contributed by atoms with Crippen molar-refractivity contribution in [3.8, 4) is 0 Å². The van der Waals surface area contributed by atoms with E-state index in [0.717, 1.165) is 0 Å². The molecule has 14 heavy (non-hydrogen) atoms. The summed E-state index contributed by atoms with van der Waals surface area (Å²) in [6, 6.07) is 6.54. The lowest BCUT2D eigenvalue weighted by molar-refractivity contribution is 1.42. The van der Waals surface area contributed by atoms with E-state index >= 15 is 0 Å². The van der Waals surface area contributed by atoms with E-state index in [9.17, 15) is 0 Å². The lowest BCUT2D eigenvalue weighted by Crippen LogP contribution is -2.36. The lowest BCUT2D eigenvalue weighted by Gasteiger charge is -2.14. The Balaban J connectivity index is 2.76. The van der Waals surface area contributed by atoms with Gasteiger partial charge in [-0.15, -0.1) is 0 Å². The minimum absolute atomic E-state index is 1.20. The van der Waals surface area contributed by atoms with Crippen molar-refractivity contribution < 1.29 is 0 Å². The Morgan fingerprint density at radius 3 is 2.50 bits per heavy atom. The number of fused-ring (bicyclic) bond motifs is 1. The van der Waals surface area contributed by atoms with Crippen molar-refractivity contribution in [3.05, 3.63) is 30.0 Å². The summed E-state index contributed by atoms with van der Waals surface area (Å²) in [5.41, 5.74) is 2.65. The van der Waals surface area contributed by atoms with Gasteiger partial charge in [0, 0.05) is 11.7 Å². The number of aromatic amines is 1. The van der Waals surface area contributed by atoms with Crippen LogP contribution < -0.4 is 5.19 Å². The first kappa shape index (κ1) is 9.53. The Hall–Kier alpha value is -1.02. The molecule has 0 radical (unpaired) electrons. The summed E-state index contributed by atoms with van der Waals surface area (Å²) in [7, 11) is -1.20. The fourth-order valence-corrected chi connectivity index (χ4v) is 3.45. The van der Waals surface area contributed by atoms with Crippen molar-refractivity contribution in [2.75, 3.05) is 0 Å². The van der Waals surface area contributed by atoms with E-state index in [1.165, 1.54) is 21.7 Å². The molecule has 0 saturated heterocycles. The predicted molar refractivity (Wildman–Crippen MR) is 66.0 cm³/mol. The second-order valence-electron chi connectivity index (χ2n) is 4.95. The van der Waals surface area contributed by atoms with E-state index in [2.05, 4.69) is 55.9 Å². The highest BCUT2D eigenvalue weighted by Gasteiger charge is 2.20. The molecule has 74 valence electrons. The Bertz CT molecular complexity index is 463. The van der Waals surface area contributed by atoms with Crippen molar-refractivity contribution in [1.82, 2.24) is 4.98 Å². The SMILES string of the molecule is Cc1cccc2c([Si](C)(C)C)c[nH]c12. The van der Waals surface area contributed by atoms with Gasteiger partial charge < -0.3 is 4.98 Å². The zero-order valence-corrected chi connectivity index (χ0v) is 10.3. The monoisotopic (exact) mass is 203 g/mol. The average Bonchev–Trinajstić information content (AvgIpc) is 2.47. The number of aryl methyl sites for hydroxylation is 1. The summed E-state index contributed by atoms with van der Waals surface area (Å²) >= 11 is 0. The van der Waals surface area contributed by atoms with Crippen molar-refractivity contribution in [2.24, 2.45) is 0 Å². The zero-order valence-electron chi connectivity index (χ0n) is 9.31. The molecular weight excluding hydrogens is 186 g/mol. The number of aromatic nitrogens is 1. The molecule has 0 fully saturated rings. The van der Waals surface area contributed by atoms with E-state index in [0.29, 0.717) is 0 Å². The fraction of sp³-hybridized carbons (Fsp3) is 0.333. The van der Waals surface area contributed by atoms with Gasteiger partial charge in [0.15, 0.2) is 0 Å². The summed E-state index contributed by atoms with van der Waals surface area (Å²) in [5, 5.41) is 2.96. The van der Waals surface area contributed by atoms with Gasteiger partial charge in [0.25, 0.3) is 0 Å². The van der Waals surface area contributed by atoms with Gasteiger partial charge in [-0.05, 0) is 23.1 Å². The second-order valence-corrected chi connectivity index (χ2v) is 9.99. The fourth-order valence-electron chi connectivity index (χ4n) is 1.93. The van der Waals surface area contributed by atoms with Crippen molar-refractivity contribution in [2.45, 2.75) is 26.6 Å². The standard InChI is InChI=1S/C12H17NSi/c1-9-6-5-7-10-11(14(2,3)4)8-13-12(9)10/h5-8,13H,1-4H3. The first-order chi connectivity index (χ1) is 6.50. The van der Waals surface area contributed by atoms with Gasteiger partial charge in [-0.1, -0.05) is 37.8 Å². The van der Waals surface area contributed by atoms with Crippen LogP contribution >= 0.6 is 0 Å². The number of hydrogen-bond acceptors (Lipinski definition) is 0. The molecule has 0 amide bonds. The minimum Gasteiger partial charge on any atom is -0.361 e. The van der Waals surface area contributed by atoms with Crippen molar-refractivity contribution in [3.63, 3.8) is 0 Å². The molecule has 0 aliphatic heterocycles. The Morgan fingerprint density at radius 1 is 1.14 bits per heavy atom. The van der Waals surface area contributed by atoms with Crippen LogP contribution in [0.25, 0.3) is 10.9 Å². The van der Waals surface area contributed by atoms with Crippen LogP contribution in [0.3, 0.4) is 0 Å². The average molecular weight is 203 g/mol. The summed E-state index contributed by atoms with van der Waals surface area (Å²) in [5.74, 6) is 0. The maximum Gasteiger partial charge on any atom is 0.0803 e. The lowest BCUT2D eigenvalue weighted by atomic mass is 10.2. The molecule has 1 aromatic carbocycles. The largest absolute Gasteiger partial charge is 0.361 e. The summed E-state index contributed by atoms with van der Waals surface area (Å²) in [4.78, 5) is 3.40. The quantitative estimate of drug-likeness (QED) is 0.686. The molecule has 0 spiro atoms. The Labute approximate surface area is 86.2 Å². The van der Waals surface area contributed by atoms with E-state index in [1.54, 1.807) is 0 Å². The Kier molecular flexibility index (Phi) is 2.03. The van der Waals surface area contributed by atoms with Crippen LogP contribution in [0.4, 0.5) is 0 Å². The van der Waals surface area contributed by atoms with Gasteiger partial charge in [0.05, 0.1) is 8.07 Å². The molecule has 0 aliphatic carbocycles. The maximum absolute atomic E-state index is 3.40. The highest BCUT2D eigenvalue weighted by molar-refractivity contribution is 6.90. The van der Waals surface area contributed by atoms with Gasteiger partial charge in [-0.25, -0.2) is 0 Å². The van der Waals surface area contributed by atoms with Crippen molar-refractivity contribution >= 4 is 24.2 Å². The minimum atomic E-state index is -1.20. The van der Waals surface area contributed by atoms with Gasteiger partial charge in [-0.3, -0.25) is 0 Å². The van der Waals surface area contributed by atoms with E-state index in [1.807, 2.05) is 0 Å². The van der Waals surface area contributed by atoms with Crippen LogP contribution in [0.2, 0.25) is 19.6 Å². The number of hydrogen-bond donors (Lipinski definition) is 1. The molecule has 0 bridgehead atoms. The van der Waals surface area contributed by atoms with Gasteiger partial charge in [0.2, 0.25) is 0 Å². The molecule has 0 atom stereocenters. The van der Waals surface area contributed by atoms with E-state index in [-0.39, 0.29) is 0 Å². The molecule has 1 nitrogen and oxygen atoms in total. The van der Waals surface area contributed by atoms with Crippen LogP contribution in [0.5, 0.6) is 0 Å². The molecule has 2 rings (SSSR count). The van der Waals surface area contributed by atoms with Crippen LogP contribution in [-0.4, -0.2) is 13.1 Å². The molecular formula is C12H17NSi. The number of para-hydroxylation sites is 1. The number of benzene rings is 1. The molecule has 1 heterocycles. The van der Waals surface area contributed by atoms with Crippen LogP contribution in [0.15, 0.2) is 24.4 Å². The molecule has 0 saturated carbocycles. The summed E-state index contributed by atoms with van der Waals surface area (Å²) in [6.07, 6.45) is 2.20. The number of nitrogens with one attached hydrogen (secondary N) is 1. The van der Waals surface area contributed by atoms with Gasteiger partial charge in [-0.2, -0.15) is 0 Å². The predicted octanol–water partition coefficient (Wildman–Crippen LogP) is 3.02. The third-order valence-corrected chi connectivity index (χ3v) is 4.76. The first-order valence-electron chi connectivity index (χ1n) is 5.07. The molecule has 2 heteroatoms.